The molecule has 1 saturated heterocycles. The van der Waals surface area contributed by atoms with Gasteiger partial charge in [0, 0.05) is 29.9 Å². The summed E-state index contributed by atoms with van der Waals surface area (Å²) >= 11 is 0. The molecular formula is C37H41N3O4. The molecule has 3 aromatic rings. The Morgan fingerprint density at radius 3 is 2.70 bits per heavy atom. The van der Waals surface area contributed by atoms with Crippen molar-refractivity contribution in [2.24, 2.45) is 11.8 Å². The molecule has 3 atom stereocenters. The summed E-state index contributed by atoms with van der Waals surface area (Å²) < 4.78 is 12.2. The van der Waals surface area contributed by atoms with Gasteiger partial charge in [0.25, 0.3) is 0 Å². The number of aliphatic carboxylic acids is 1. The summed E-state index contributed by atoms with van der Waals surface area (Å²) in [4.78, 5) is 18.9. The fourth-order valence-electron chi connectivity index (χ4n) is 7.79. The molecule has 2 aliphatic heterocycles. The van der Waals surface area contributed by atoms with Crippen LogP contribution < -0.4 is 9.47 Å². The number of benzene rings is 2. The first-order valence-electron chi connectivity index (χ1n) is 16.2. The molecule has 7 nitrogen and oxygen atoms in total. The second-order valence-corrected chi connectivity index (χ2v) is 13.4. The summed E-state index contributed by atoms with van der Waals surface area (Å²) in [6, 6.07) is 17.2. The highest BCUT2D eigenvalue weighted by atomic mass is 16.5. The highest BCUT2D eigenvalue weighted by molar-refractivity contribution is 5.74. The van der Waals surface area contributed by atoms with Crippen molar-refractivity contribution in [2.75, 3.05) is 13.7 Å². The predicted octanol–water partition coefficient (Wildman–Crippen LogP) is 7.43. The molecule has 44 heavy (non-hydrogen) atoms. The van der Waals surface area contributed by atoms with Crippen molar-refractivity contribution in [2.45, 2.75) is 88.8 Å². The maximum absolute atomic E-state index is 11.9. The zero-order chi connectivity index (χ0) is 30.4. The first-order chi connectivity index (χ1) is 21.4. The van der Waals surface area contributed by atoms with Crippen molar-refractivity contribution in [1.82, 2.24) is 9.88 Å². The highest BCUT2D eigenvalue weighted by Crippen LogP contribution is 2.50. The zero-order valence-electron chi connectivity index (χ0n) is 25.7. The highest BCUT2D eigenvalue weighted by Gasteiger charge is 2.48. The number of piperidine rings is 1. The lowest BCUT2D eigenvalue weighted by Crippen LogP contribution is -2.40. The molecule has 3 heterocycles. The SMILES string of the molecule is COc1cc(-c2ccc(C3CCc4ccc([C@H](C5CC5)[C@H](C)C(=O)O)cc4O3)cc2CN2CCCCC23CC3)c(C#N)cn1. The van der Waals surface area contributed by atoms with Crippen molar-refractivity contribution in [3.05, 3.63) is 76.5 Å². The quantitative estimate of drug-likeness (QED) is 0.276. The van der Waals surface area contributed by atoms with Crippen LogP contribution in [0.25, 0.3) is 11.1 Å². The van der Waals surface area contributed by atoms with Crippen LogP contribution in [0.4, 0.5) is 0 Å². The van der Waals surface area contributed by atoms with E-state index in [1.165, 1.54) is 43.2 Å². The molecule has 0 amide bonds. The molecule has 0 bridgehead atoms. The number of likely N-dealkylation sites (tertiary alicyclic amines) is 1. The van der Waals surface area contributed by atoms with Gasteiger partial charge < -0.3 is 14.6 Å². The van der Waals surface area contributed by atoms with Crippen molar-refractivity contribution in [3.63, 3.8) is 0 Å². The Hall–Kier alpha value is -3.89. The largest absolute Gasteiger partial charge is 0.485 e. The van der Waals surface area contributed by atoms with Crippen LogP contribution in [0.2, 0.25) is 0 Å². The van der Waals surface area contributed by atoms with Gasteiger partial charge in [0.1, 0.15) is 17.9 Å². The summed E-state index contributed by atoms with van der Waals surface area (Å²) in [7, 11) is 1.60. The lowest BCUT2D eigenvalue weighted by atomic mass is 9.82. The number of ether oxygens (including phenoxy) is 2. The molecule has 1 spiro atoms. The van der Waals surface area contributed by atoms with Gasteiger partial charge in [-0.2, -0.15) is 5.26 Å². The lowest BCUT2D eigenvalue weighted by Gasteiger charge is -2.37. The molecule has 3 fully saturated rings. The molecule has 7 rings (SSSR count). The lowest BCUT2D eigenvalue weighted by molar-refractivity contribution is -0.142. The second kappa shape index (κ2) is 11.6. The van der Waals surface area contributed by atoms with E-state index in [1.807, 2.05) is 13.0 Å². The molecule has 7 heteroatoms. The van der Waals surface area contributed by atoms with Gasteiger partial charge in [0.15, 0.2) is 0 Å². The minimum atomic E-state index is -0.737. The fraction of sp³-hybridized carbons (Fsp3) is 0.486. The van der Waals surface area contributed by atoms with E-state index in [0.29, 0.717) is 22.9 Å². The van der Waals surface area contributed by atoms with Crippen LogP contribution in [-0.2, 0) is 17.8 Å². The van der Waals surface area contributed by atoms with E-state index in [0.717, 1.165) is 66.8 Å². The van der Waals surface area contributed by atoms with Crippen LogP contribution in [0.15, 0.2) is 48.7 Å². The number of aromatic nitrogens is 1. The van der Waals surface area contributed by atoms with E-state index in [4.69, 9.17) is 9.47 Å². The Morgan fingerprint density at radius 1 is 1.14 bits per heavy atom. The molecule has 4 aliphatic rings. The monoisotopic (exact) mass is 591 g/mol. The third kappa shape index (κ3) is 5.45. The van der Waals surface area contributed by atoms with Crippen LogP contribution in [0, 0.1) is 23.2 Å². The fourth-order valence-corrected chi connectivity index (χ4v) is 7.79. The summed E-state index contributed by atoms with van der Waals surface area (Å²) in [5.74, 6) is 0.660. The minimum absolute atomic E-state index is 0.0126. The molecule has 1 N–H and O–H groups in total. The summed E-state index contributed by atoms with van der Waals surface area (Å²) in [5, 5.41) is 19.8. The molecule has 1 unspecified atom stereocenters. The van der Waals surface area contributed by atoms with Crippen molar-refractivity contribution in [3.8, 4) is 28.8 Å². The number of nitrogens with zero attached hydrogens (tertiary/aromatic N) is 3. The number of hydrogen-bond donors (Lipinski definition) is 1. The average Bonchev–Trinajstić information content (AvgIpc) is 3.99. The van der Waals surface area contributed by atoms with E-state index < -0.39 is 11.9 Å². The minimum Gasteiger partial charge on any atom is -0.485 e. The van der Waals surface area contributed by atoms with Crippen LogP contribution in [0.3, 0.4) is 0 Å². The van der Waals surface area contributed by atoms with E-state index >= 15 is 0 Å². The molecule has 228 valence electrons. The van der Waals surface area contributed by atoms with Crippen LogP contribution >= 0.6 is 0 Å². The number of aryl methyl sites for hydroxylation is 1. The number of carboxylic acids is 1. The van der Waals surface area contributed by atoms with Gasteiger partial charge in [-0.25, -0.2) is 4.98 Å². The van der Waals surface area contributed by atoms with Gasteiger partial charge in [0.2, 0.25) is 5.88 Å². The van der Waals surface area contributed by atoms with Gasteiger partial charge in [-0.1, -0.05) is 43.7 Å². The first-order valence-corrected chi connectivity index (χ1v) is 16.2. The van der Waals surface area contributed by atoms with Crippen molar-refractivity contribution < 1.29 is 19.4 Å². The molecular weight excluding hydrogens is 550 g/mol. The molecule has 2 aromatic carbocycles. The Bertz CT molecular complexity index is 1620. The van der Waals surface area contributed by atoms with Crippen LogP contribution in [0.1, 0.15) is 98.1 Å². The van der Waals surface area contributed by atoms with Gasteiger partial charge in [-0.15, -0.1) is 0 Å². The van der Waals surface area contributed by atoms with Gasteiger partial charge in [0.05, 0.1) is 18.6 Å². The number of pyridine rings is 1. The smallest absolute Gasteiger partial charge is 0.306 e. The van der Waals surface area contributed by atoms with Crippen LogP contribution in [-0.4, -0.2) is 40.2 Å². The summed E-state index contributed by atoms with van der Waals surface area (Å²) in [5.41, 5.74) is 7.37. The van der Waals surface area contributed by atoms with Gasteiger partial charge in [-0.3, -0.25) is 9.69 Å². The Balaban J connectivity index is 1.23. The number of rotatable bonds is 9. The van der Waals surface area contributed by atoms with Crippen LogP contribution in [0.5, 0.6) is 11.6 Å². The number of hydrogen-bond acceptors (Lipinski definition) is 6. The van der Waals surface area contributed by atoms with E-state index in [1.54, 1.807) is 13.3 Å². The average molecular weight is 592 g/mol. The Kier molecular flexibility index (Phi) is 7.58. The predicted molar refractivity (Wildman–Crippen MR) is 168 cm³/mol. The zero-order valence-corrected chi connectivity index (χ0v) is 25.7. The molecule has 2 aliphatic carbocycles. The standard InChI is InChI=1S/C37H41N3O4/c1-23(36(41)42)35(25-6-7-25)27-8-5-24-10-12-32(44-33(24)18-27)26-9-11-30(31-19-34(43-2)39-21-29(31)20-38)28(17-26)22-40-16-4-3-13-37(40)14-15-37/h5,8-9,11,17-19,21,23,25,32,35H,3-4,6-7,10,12-16,22H2,1-2H3,(H,41,42)/t23-,32?,35-/m0/s1. The molecule has 2 saturated carbocycles. The number of methoxy groups -OCH3 is 1. The maximum Gasteiger partial charge on any atom is 0.306 e. The molecule has 0 radical (unpaired) electrons. The van der Waals surface area contributed by atoms with Gasteiger partial charge in [-0.05, 0) is 104 Å². The van der Waals surface area contributed by atoms with Crippen molar-refractivity contribution >= 4 is 5.97 Å². The number of carbonyl (C=O) groups is 1. The van der Waals surface area contributed by atoms with E-state index in [-0.39, 0.29) is 12.0 Å². The normalized spacial score (nSPS) is 21.9. The van der Waals surface area contributed by atoms with E-state index in [2.05, 4.69) is 52.4 Å². The maximum atomic E-state index is 11.9. The van der Waals surface area contributed by atoms with Gasteiger partial charge >= 0.3 is 5.97 Å². The first kappa shape index (κ1) is 28.9. The topological polar surface area (TPSA) is 95.7 Å². The second-order valence-electron chi connectivity index (χ2n) is 13.4. The Labute approximate surface area is 259 Å². The summed E-state index contributed by atoms with van der Waals surface area (Å²) in [6.07, 6.45) is 11.8. The Morgan fingerprint density at radius 2 is 1.98 bits per heavy atom. The molecule has 1 aromatic heterocycles. The third-order valence-corrected chi connectivity index (χ3v) is 10.7. The van der Waals surface area contributed by atoms with E-state index in [9.17, 15) is 15.2 Å². The van der Waals surface area contributed by atoms with Crippen molar-refractivity contribution in [1.29, 1.82) is 5.26 Å². The number of fused-ring (bicyclic) bond motifs is 1. The number of carboxylic acid groups (broad SMARTS) is 1. The summed E-state index contributed by atoms with van der Waals surface area (Å²) in [6.45, 7) is 3.77. The number of nitriles is 1. The third-order valence-electron chi connectivity index (χ3n) is 10.7.